The second-order valence-corrected chi connectivity index (χ2v) is 6.61. The van der Waals surface area contributed by atoms with Crippen LogP contribution in [0.1, 0.15) is 34.3 Å². The number of para-hydroxylation sites is 1. The number of nitro benzene ring substituents is 1. The minimum atomic E-state index is -0.502. The van der Waals surface area contributed by atoms with E-state index in [0.717, 1.165) is 31.5 Å². The van der Waals surface area contributed by atoms with Gasteiger partial charge in [-0.2, -0.15) is 0 Å². The van der Waals surface area contributed by atoms with Crippen LogP contribution >= 0.6 is 0 Å². The highest BCUT2D eigenvalue weighted by Gasteiger charge is 2.24. The predicted octanol–water partition coefficient (Wildman–Crippen LogP) is 3.32. The zero-order valence-corrected chi connectivity index (χ0v) is 15.1. The van der Waals surface area contributed by atoms with Crippen LogP contribution in [-0.4, -0.2) is 34.7 Å². The fourth-order valence-corrected chi connectivity index (χ4v) is 3.34. The van der Waals surface area contributed by atoms with E-state index < -0.39 is 10.8 Å². The van der Waals surface area contributed by atoms with Crippen LogP contribution in [0.15, 0.2) is 42.5 Å². The lowest BCUT2D eigenvalue weighted by molar-refractivity contribution is -0.385. The van der Waals surface area contributed by atoms with Crippen LogP contribution in [0, 0.1) is 17.0 Å². The summed E-state index contributed by atoms with van der Waals surface area (Å²) in [4.78, 5) is 37.8. The molecule has 2 amide bonds. The van der Waals surface area contributed by atoms with Crippen LogP contribution in [0.25, 0.3) is 0 Å². The number of carbonyl (C=O) groups is 2. The van der Waals surface area contributed by atoms with Crippen LogP contribution in [-0.2, 0) is 11.2 Å². The maximum absolute atomic E-state index is 12.9. The summed E-state index contributed by atoms with van der Waals surface area (Å²) < 4.78 is 0. The van der Waals surface area contributed by atoms with Gasteiger partial charge < -0.3 is 10.2 Å². The van der Waals surface area contributed by atoms with Gasteiger partial charge in [-0.3, -0.25) is 19.7 Å². The summed E-state index contributed by atoms with van der Waals surface area (Å²) in [6.45, 7) is 3.27. The van der Waals surface area contributed by atoms with Crippen molar-refractivity contribution in [3.63, 3.8) is 0 Å². The van der Waals surface area contributed by atoms with E-state index in [1.54, 1.807) is 35.2 Å². The summed E-state index contributed by atoms with van der Waals surface area (Å²) in [6, 6.07) is 11.4. The normalized spacial score (nSPS) is 13.4. The first-order valence-electron chi connectivity index (χ1n) is 8.88. The lowest BCUT2D eigenvalue weighted by Gasteiger charge is -2.19. The standard InChI is InChI=1S/C20H21N3O4/c1-14-7-6-9-16(19(14)20(25)22-11-4-5-12-22)21-18(24)13-15-8-2-3-10-17(15)23(26)27/h2-3,6-10H,4-5,11-13H2,1H3,(H,21,24). The molecule has 1 heterocycles. The Morgan fingerprint density at radius 1 is 1.11 bits per heavy atom. The average Bonchev–Trinajstić information content (AvgIpc) is 3.16. The Kier molecular flexibility index (Phi) is 5.49. The zero-order chi connectivity index (χ0) is 19.4. The third-order valence-electron chi connectivity index (χ3n) is 4.69. The average molecular weight is 367 g/mol. The molecule has 0 radical (unpaired) electrons. The maximum atomic E-state index is 12.9. The first-order valence-corrected chi connectivity index (χ1v) is 8.88. The zero-order valence-electron chi connectivity index (χ0n) is 15.1. The van der Waals surface area contributed by atoms with Crippen molar-refractivity contribution >= 4 is 23.2 Å². The maximum Gasteiger partial charge on any atom is 0.273 e. The van der Waals surface area contributed by atoms with Gasteiger partial charge in [0.2, 0.25) is 5.91 Å². The molecule has 0 unspecified atom stereocenters. The molecule has 0 saturated carbocycles. The Balaban J connectivity index is 1.82. The van der Waals surface area contributed by atoms with Crippen molar-refractivity contribution in [1.82, 2.24) is 4.90 Å². The molecule has 3 rings (SSSR count). The SMILES string of the molecule is Cc1cccc(NC(=O)Cc2ccccc2[N+](=O)[O-])c1C(=O)N1CCCC1. The number of nitrogens with one attached hydrogen (secondary N) is 1. The molecule has 1 saturated heterocycles. The number of anilines is 1. The Hall–Kier alpha value is -3.22. The second-order valence-electron chi connectivity index (χ2n) is 6.61. The van der Waals surface area contributed by atoms with Crippen molar-refractivity contribution in [2.75, 3.05) is 18.4 Å². The van der Waals surface area contributed by atoms with Crippen LogP contribution in [0.2, 0.25) is 0 Å². The molecule has 2 aromatic carbocycles. The van der Waals surface area contributed by atoms with Crippen molar-refractivity contribution in [3.05, 3.63) is 69.3 Å². The summed E-state index contributed by atoms with van der Waals surface area (Å²) >= 11 is 0. The quantitative estimate of drug-likeness (QED) is 0.648. The minimum Gasteiger partial charge on any atom is -0.339 e. The molecule has 0 bridgehead atoms. The van der Waals surface area contributed by atoms with Gasteiger partial charge in [0.1, 0.15) is 0 Å². The summed E-state index contributed by atoms with van der Waals surface area (Å²) in [5.74, 6) is -0.489. The third kappa shape index (κ3) is 4.13. The number of carbonyl (C=O) groups excluding carboxylic acids is 2. The van der Waals surface area contributed by atoms with Gasteiger partial charge in [-0.25, -0.2) is 0 Å². The lowest BCUT2D eigenvalue weighted by Crippen LogP contribution is -2.29. The lowest BCUT2D eigenvalue weighted by atomic mass is 10.0. The van der Waals surface area contributed by atoms with E-state index >= 15 is 0 Å². The smallest absolute Gasteiger partial charge is 0.273 e. The Bertz CT molecular complexity index is 889. The number of hydrogen-bond donors (Lipinski definition) is 1. The van der Waals surface area contributed by atoms with Crippen molar-refractivity contribution in [1.29, 1.82) is 0 Å². The molecule has 0 spiro atoms. The number of aryl methyl sites for hydroxylation is 1. The Labute approximate surface area is 157 Å². The number of nitro groups is 1. The van der Waals surface area contributed by atoms with Crippen molar-refractivity contribution < 1.29 is 14.5 Å². The molecule has 0 aliphatic carbocycles. The van der Waals surface area contributed by atoms with E-state index in [0.29, 0.717) is 16.8 Å². The van der Waals surface area contributed by atoms with Crippen LogP contribution < -0.4 is 5.32 Å². The van der Waals surface area contributed by atoms with Gasteiger partial charge >= 0.3 is 0 Å². The summed E-state index contributed by atoms with van der Waals surface area (Å²) in [7, 11) is 0. The molecule has 7 nitrogen and oxygen atoms in total. The Morgan fingerprint density at radius 2 is 1.81 bits per heavy atom. The number of rotatable bonds is 5. The monoisotopic (exact) mass is 367 g/mol. The van der Waals surface area contributed by atoms with E-state index in [1.807, 2.05) is 13.0 Å². The van der Waals surface area contributed by atoms with Crippen molar-refractivity contribution in [3.8, 4) is 0 Å². The third-order valence-corrected chi connectivity index (χ3v) is 4.69. The van der Waals surface area contributed by atoms with Crippen molar-refractivity contribution in [2.24, 2.45) is 0 Å². The van der Waals surface area contributed by atoms with Gasteiger partial charge in [-0.05, 0) is 31.4 Å². The fraction of sp³-hybridized carbons (Fsp3) is 0.300. The topological polar surface area (TPSA) is 92.5 Å². The van der Waals surface area contributed by atoms with E-state index in [4.69, 9.17) is 0 Å². The molecular weight excluding hydrogens is 346 g/mol. The van der Waals surface area contributed by atoms with E-state index in [2.05, 4.69) is 5.32 Å². The van der Waals surface area contributed by atoms with Crippen LogP contribution in [0.4, 0.5) is 11.4 Å². The molecule has 1 aliphatic rings. The van der Waals surface area contributed by atoms with Gasteiger partial charge in [0.25, 0.3) is 11.6 Å². The van der Waals surface area contributed by atoms with E-state index in [1.165, 1.54) is 6.07 Å². The first kappa shape index (κ1) is 18.6. The van der Waals surface area contributed by atoms with Gasteiger partial charge in [0, 0.05) is 24.7 Å². The first-order chi connectivity index (χ1) is 13.0. The van der Waals surface area contributed by atoms with Gasteiger partial charge in [0.05, 0.1) is 22.6 Å². The molecular formula is C20H21N3O4. The van der Waals surface area contributed by atoms with Crippen molar-refractivity contribution in [2.45, 2.75) is 26.2 Å². The van der Waals surface area contributed by atoms with Gasteiger partial charge in [-0.15, -0.1) is 0 Å². The highest BCUT2D eigenvalue weighted by Crippen LogP contribution is 2.24. The molecule has 1 N–H and O–H groups in total. The fourth-order valence-electron chi connectivity index (χ4n) is 3.34. The molecule has 140 valence electrons. The van der Waals surface area contributed by atoms with Gasteiger partial charge in [0.15, 0.2) is 0 Å². The molecule has 2 aromatic rings. The molecule has 0 atom stereocenters. The highest BCUT2D eigenvalue weighted by atomic mass is 16.6. The van der Waals surface area contributed by atoms with Crippen LogP contribution in [0.3, 0.4) is 0 Å². The van der Waals surface area contributed by atoms with Crippen LogP contribution in [0.5, 0.6) is 0 Å². The second kappa shape index (κ2) is 7.99. The van der Waals surface area contributed by atoms with E-state index in [9.17, 15) is 19.7 Å². The summed E-state index contributed by atoms with van der Waals surface area (Å²) in [6.07, 6.45) is 1.83. The largest absolute Gasteiger partial charge is 0.339 e. The van der Waals surface area contributed by atoms with E-state index in [-0.39, 0.29) is 18.0 Å². The number of nitrogens with zero attached hydrogens (tertiary/aromatic N) is 2. The minimum absolute atomic E-state index is 0.0911. The molecule has 0 aromatic heterocycles. The molecule has 1 aliphatic heterocycles. The predicted molar refractivity (Wildman–Crippen MR) is 102 cm³/mol. The molecule has 7 heteroatoms. The molecule has 27 heavy (non-hydrogen) atoms. The number of likely N-dealkylation sites (tertiary alicyclic amines) is 1. The number of hydrogen-bond acceptors (Lipinski definition) is 4. The summed E-state index contributed by atoms with van der Waals surface area (Å²) in [5, 5.41) is 13.9. The number of amides is 2. The Morgan fingerprint density at radius 3 is 2.52 bits per heavy atom. The molecule has 1 fully saturated rings. The van der Waals surface area contributed by atoms with Gasteiger partial charge in [-0.1, -0.05) is 30.3 Å². The number of benzene rings is 2. The summed E-state index contributed by atoms with van der Waals surface area (Å²) in [5.41, 5.74) is 1.95. The highest BCUT2D eigenvalue weighted by molar-refractivity contribution is 6.05.